The second kappa shape index (κ2) is 6.39. The van der Waals surface area contributed by atoms with Crippen molar-refractivity contribution in [3.8, 4) is 0 Å². The van der Waals surface area contributed by atoms with Gasteiger partial charge in [-0.2, -0.15) is 0 Å². The first-order chi connectivity index (χ1) is 8.54. The number of aliphatic carboxylic acids is 1. The highest BCUT2D eigenvalue weighted by molar-refractivity contribution is 5.68. The third kappa shape index (κ3) is 3.89. The average molecular weight is 250 g/mol. The number of nitro benzene ring substituents is 1. The van der Waals surface area contributed by atoms with E-state index in [0.717, 1.165) is 0 Å². The van der Waals surface area contributed by atoms with Crippen LogP contribution in [0.5, 0.6) is 0 Å². The molecule has 6 heteroatoms. The maximum absolute atomic E-state index is 10.7. The van der Waals surface area contributed by atoms with E-state index < -0.39 is 10.9 Å². The van der Waals surface area contributed by atoms with E-state index in [1.54, 1.807) is 23.1 Å². The molecular formula is C12H14N2O4. The summed E-state index contributed by atoms with van der Waals surface area (Å²) >= 11 is 0. The van der Waals surface area contributed by atoms with Gasteiger partial charge in [0.15, 0.2) is 0 Å². The second-order valence-electron chi connectivity index (χ2n) is 3.66. The Morgan fingerprint density at radius 1 is 1.56 bits per heavy atom. The van der Waals surface area contributed by atoms with Crippen LogP contribution in [0.1, 0.15) is 6.42 Å². The summed E-state index contributed by atoms with van der Waals surface area (Å²) in [6.07, 6.45) is 1.59. The number of rotatable bonds is 7. The molecule has 0 aliphatic rings. The molecule has 96 valence electrons. The molecular weight excluding hydrogens is 236 g/mol. The Hall–Kier alpha value is -2.37. The maximum atomic E-state index is 10.7. The number of benzene rings is 1. The maximum Gasteiger partial charge on any atom is 0.305 e. The van der Waals surface area contributed by atoms with Crippen LogP contribution < -0.4 is 4.90 Å². The molecule has 1 aromatic carbocycles. The topological polar surface area (TPSA) is 83.7 Å². The van der Waals surface area contributed by atoms with Gasteiger partial charge in [-0.1, -0.05) is 12.1 Å². The standard InChI is InChI=1S/C12H14N2O4/c1-2-7-13(8-6-12(15)16)10-4-3-5-11(9-10)14(17)18/h2-5,9H,1,6-8H2,(H,15,16). The van der Waals surface area contributed by atoms with Gasteiger partial charge in [-0.05, 0) is 6.07 Å². The van der Waals surface area contributed by atoms with Crippen LogP contribution in [0.15, 0.2) is 36.9 Å². The Morgan fingerprint density at radius 3 is 2.83 bits per heavy atom. The summed E-state index contributed by atoms with van der Waals surface area (Å²) < 4.78 is 0. The number of nitro groups is 1. The van der Waals surface area contributed by atoms with Gasteiger partial charge in [0, 0.05) is 30.9 Å². The van der Waals surface area contributed by atoms with Gasteiger partial charge in [-0.3, -0.25) is 14.9 Å². The van der Waals surface area contributed by atoms with Crippen LogP contribution in [0.3, 0.4) is 0 Å². The lowest BCUT2D eigenvalue weighted by Gasteiger charge is -2.22. The number of nitrogens with zero attached hydrogens (tertiary/aromatic N) is 2. The Bertz CT molecular complexity index is 459. The summed E-state index contributed by atoms with van der Waals surface area (Å²) in [5.41, 5.74) is 0.599. The van der Waals surface area contributed by atoms with Crippen LogP contribution in [-0.4, -0.2) is 29.1 Å². The summed E-state index contributed by atoms with van der Waals surface area (Å²) in [6, 6.07) is 6.10. The highest BCUT2D eigenvalue weighted by atomic mass is 16.6. The molecule has 0 aliphatic heterocycles. The SMILES string of the molecule is C=CCN(CCC(=O)O)c1cccc([N+](=O)[O-])c1. The van der Waals surface area contributed by atoms with E-state index >= 15 is 0 Å². The van der Waals surface area contributed by atoms with Crippen LogP contribution in [0.4, 0.5) is 11.4 Å². The summed E-state index contributed by atoms with van der Waals surface area (Å²) in [6.45, 7) is 4.31. The van der Waals surface area contributed by atoms with E-state index in [-0.39, 0.29) is 18.7 Å². The Kier molecular flexibility index (Phi) is 4.86. The van der Waals surface area contributed by atoms with Gasteiger partial charge in [0.1, 0.15) is 0 Å². The molecule has 0 fully saturated rings. The van der Waals surface area contributed by atoms with Gasteiger partial charge in [0.05, 0.1) is 11.3 Å². The van der Waals surface area contributed by atoms with Gasteiger partial charge in [0.2, 0.25) is 0 Å². The summed E-state index contributed by atoms with van der Waals surface area (Å²) in [5.74, 6) is -0.908. The van der Waals surface area contributed by atoms with Crippen molar-refractivity contribution in [1.29, 1.82) is 0 Å². The first-order valence-electron chi connectivity index (χ1n) is 5.36. The average Bonchev–Trinajstić information content (AvgIpc) is 2.34. The molecule has 0 aromatic heterocycles. The third-order valence-corrected chi connectivity index (χ3v) is 2.35. The zero-order valence-corrected chi connectivity index (χ0v) is 9.78. The van der Waals surface area contributed by atoms with E-state index in [0.29, 0.717) is 12.2 Å². The number of hydrogen-bond acceptors (Lipinski definition) is 4. The van der Waals surface area contributed by atoms with Gasteiger partial charge in [0.25, 0.3) is 5.69 Å². The highest BCUT2D eigenvalue weighted by Crippen LogP contribution is 2.21. The molecule has 0 saturated heterocycles. The van der Waals surface area contributed by atoms with Crippen LogP contribution in [0, 0.1) is 10.1 Å². The fourth-order valence-electron chi connectivity index (χ4n) is 1.52. The normalized spacial score (nSPS) is 9.78. The minimum atomic E-state index is -0.908. The largest absolute Gasteiger partial charge is 0.481 e. The van der Waals surface area contributed by atoms with E-state index in [9.17, 15) is 14.9 Å². The molecule has 0 radical (unpaired) electrons. The van der Waals surface area contributed by atoms with Crippen molar-refractivity contribution in [2.24, 2.45) is 0 Å². The summed E-state index contributed by atoms with van der Waals surface area (Å²) in [5, 5.41) is 19.3. The van der Waals surface area contributed by atoms with Gasteiger partial charge >= 0.3 is 5.97 Å². The van der Waals surface area contributed by atoms with Crippen molar-refractivity contribution < 1.29 is 14.8 Å². The van der Waals surface area contributed by atoms with Crippen molar-refractivity contribution in [2.45, 2.75) is 6.42 Å². The van der Waals surface area contributed by atoms with E-state index in [1.165, 1.54) is 12.1 Å². The number of carboxylic acid groups (broad SMARTS) is 1. The lowest BCUT2D eigenvalue weighted by atomic mass is 10.2. The predicted molar refractivity (Wildman–Crippen MR) is 67.8 cm³/mol. The smallest absolute Gasteiger partial charge is 0.305 e. The van der Waals surface area contributed by atoms with Crippen molar-refractivity contribution in [2.75, 3.05) is 18.0 Å². The Morgan fingerprint density at radius 2 is 2.28 bits per heavy atom. The number of anilines is 1. The zero-order valence-electron chi connectivity index (χ0n) is 9.78. The van der Waals surface area contributed by atoms with Gasteiger partial charge in [-0.15, -0.1) is 6.58 Å². The Balaban J connectivity index is 2.90. The lowest BCUT2D eigenvalue weighted by molar-refractivity contribution is -0.384. The third-order valence-electron chi connectivity index (χ3n) is 2.35. The fraction of sp³-hybridized carbons (Fsp3) is 0.250. The first kappa shape index (κ1) is 13.7. The Labute approximate surface area is 104 Å². The number of carbonyl (C=O) groups is 1. The van der Waals surface area contributed by atoms with E-state index in [2.05, 4.69) is 6.58 Å². The minimum Gasteiger partial charge on any atom is -0.481 e. The van der Waals surface area contributed by atoms with Crippen LogP contribution in [0.2, 0.25) is 0 Å². The molecule has 1 aromatic rings. The number of carboxylic acids is 1. The summed E-state index contributed by atoms with van der Waals surface area (Å²) in [4.78, 5) is 22.5. The van der Waals surface area contributed by atoms with Crippen LogP contribution in [-0.2, 0) is 4.79 Å². The van der Waals surface area contributed by atoms with Crippen molar-refractivity contribution in [3.63, 3.8) is 0 Å². The van der Waals surface area contributed by atoms with Gasteiger partial charge in [-0.25, -0.2) is 0 Å². The molecule has 0 spiro atoms. The zero-order chi connectivity index (χ0) is 13.5. The second-order valence-corrected chi connectivity index (χ2v) is 3.66. The molecule has 1 rings (SSSR count). The van der Waals surface area contributed by atoms with Crippen molar-refractivity contribution in [3.05, 3.63) is 47.0 Å². The molecule has 0 amide bonds. The molecule has 0 heterocycles. The molecule has 1 N–H and O–H groups in total. The molecule has 0 unspecified atom stereocenters. The summed E-state index contributed by atoms with van der Waals surface area (Å²) in [7, 11) is 0. The predicted octanol–water partition coefficient (Wildman–Crippen LogP) is 2.06. The highest BCUT2D eigenvalue weighted by Gasteiger charge is 2.11. The number of non-ortho nitro benzene ring substituents is 1. The van der Waals surface area contributed by atoms with Gasteiger partial charge < -0.3 is 10.0 Å². The molecule has 0 aliphatic carbocycles. The fourth-order valence-corrected chi connectivity index (χ4v) is 1.52. The van der Waals surface area contributed by atoms with Crippen LogP contribution >= 0.6 is 0 Å². The number of hydrogen-bond donors (Lipinski definition) is 1. The van der Waals surface area contributed by atoms with E-state index in [4.69, 9.17) is 5.11 Å². The first-order valence-corrected chi connectivity index (χ1v) is 5.36. The molecule has 6 nitrogen and oxygen atoms in total. The molecule has 18 heavy (non-hydrogen) atoms. The lowest BCUT2D eigenvalue weighted by Crippen LogP contribution is -2.26. The molecule has 0 atom stereocenters. The quantitative estimate of drug-likeness (QED) is 0.455. The van der Waals surface area contributed by atoms with Crippen molar-refractivity contribution >= 4 is 17.3 Å². The monoisotopic (exact) mass is 250 g/mol. The van der Waals surface area contributed by atoms with Crippen molar-refractivity contribution in [1.82, 2.24) is 0 Å². The molecule has 0 bridgehead atoms. The van der Waals surface area contributed by atoms with E-state index in [1.807, 2.05) is 0 Å². The molecule has 0 saturated carbocycles. The van der Waals surface area contributed by atoms with Crippen LogP contribution in [0.25, 0.3) is 0 Å². The minimum absolute atomic E-state index is 0.0168.